The molecule has 0 amide bonds. The maximum absolute atomic E-state index is 10.8. The minimum absolute atomic E-state index is 0. The largest absolute Gasteiger partial charge is 0.467 e. The van der Waals surface area contributed by atoms with Crippen molar-refractivity contribution < 1.29 is 14.6 Å². The molecule has 13 heavy (non-hydrogen) atoms. The number of hydrogen-bond donors (Lipinski definition) is 1. The number of rotatable bonds is 2. The van der Waals surface area contributed by atoms with E-state index in [-0.39, 0.29) is 12.4 Å². The number of carbonyl (C=O) groups excluding carboxylic acids is 1. The van der Waals surface area contributed by atoms with Crippen LogP contribution in [0.5, 0.6) is 0 Å². The van der Waals surface area contributed by atoms with Crippen LogP contribution in [-0.4, -0.2) is 18.2 Å². The van der Waals surface area contributed by atoms with E-state index in [2.05, 4.69) is 4.74 Å². The summed E-state index contributed by atoms with van der Waals surface area (Å²) >= 11 is 0. The van der Waals surface area contributed by atoms with Crippen molar-refractivity contribution in [2.75, 3.05) is 7.11 Å². The van der Waals surface area contributed by atoms with E-state index in [1.54, 1.807) is 24.3 Å². The van der Waals surface area contributed by atoms with Gasteiger partial charge < -0.3 is 9.84 Å². The molecule has 0 aliphatic carbocycles. The molecule has 1 aromatic carbocycles. The highest BCUT2D eigenvalue weighted by Gasteiger charge is 2.16. The van der Waals surface area contributed by atoms with Gasteiger partial charge in [-0.15, -0.1) is 12.4 Å². The van der Waals surface area contributed by atoms with Crippen LogP contribution in [0.25, 0.3) is 0 Å². The summed E-state index contributed by atoms with van der Waals surface area (Å²) in [6.45, 7) is 0. The third-order valence-corrected chi connectivity index (χ3v) is 1.54. The van der Waals surface area contributed by atoms with Crippen LogP contribution in [0.15, 0.2) is 30.3 Å². The average molecular weight is 203 g/mol. The van der Waals surface area contributed by atoms with Gasteiger partial charge >= 0.3 is 5.97 Å². The Hall–Kier alpha value is -1.06. The van der Waals surface area contributed by atoms with Crippen LogP contribution in [-0.2, 0) is 9.53 Å². The van der Waals surface area contributed by atoms with Crippen molar-refractivity contribution in [1.29, 1.82) is 0 Å². The maximum Gasteiger partial charge on any atom is 0.339 e. The van der Waals surface area contributed by atoms with Crippen LogP contribution < -0.4 is 0 Å². The second kappa shape index (κ2) is 5.56. The molecule has 4 heteroatoms. The maximum atomic E-state index is 10.8. The molecule has 0 fully saturated rings. The lowest BCUT2D eigenvalue weighted by atomic mass is 10.1. The summed E-state index contributed by atoms with van der Waals surface area (Å²) in [4.78, 5) is 10.8. The molecule has 0 saturated heterocycles. The molecule has 0 heterocycles. The topological polar surface area (TPSA) is 46.5 Å². The number of halogens is 1. The lowest BCUT2D eigenvalue weighted by Gasteiger charge is -2.07. The number of ether oxygens (including phenoxy) is 1. The number of carbonyl (C=O) groups is 1. The quantitative estimate of drug-likeness (QED) is 0.736. The summed E-state index contributed by atoms with van der Waals surface area (Å²) < 4.78 is 4.38. The molecule has 1 aromatic rings. The predicted molar refractivity (Wildman–Crippen MR) is 50.7 cm³/mol. The number of aliphatic hydroxyl groups excluding tert-OH is 1. The van der Waals surface area contributed by atoms with Gasteiger partial charge in [0, 0.05) is 0 Å². The highest BCUT2D eigenvalue weighted by molar-refractivity contribution is 5.85. The van der Waals surface area contributed by atoms with E-state index in [0.29, 0.717) is 5.56 Å². The van der Waals surface area contributed by atoms with Crippen LogP contribution in [0.4, 0.5) is 0 Å². The van der Waals surface area contributed by atoms with Crippen LogP contribution in [0, 0.1) is 0 Å². The van der Waals surface area contributed by atoms with Crippen molar-refractivity contribution in [3.8, 4) is 0 Å². The molecule has 1 rings (SSSR count). The molecule has 0 aromatic heterocycles. The van der Waals surface area contributed by atoms with Crippen molar-refractivity contribution in [2.45, 2.75) is 6.10 Å². The molecule has 0 saturated carbocycles. The summed E-state index contributed by atoms with van der Waals surface area (Å²) in [5.41, 5.74) is 0.546. The summed E-state index contributed by atoms with van der Waals surface area (Å²) in [5.74, 6) is -0.638. The van der Waals surface area contributed by atoms with Gasteiger partial charge in [0.1, 0.15) is 0 Å². The van der Waals surface area contributed by atoms with Gasteiger partial charge in [-0.1, -0.05) is 30.3 Å². The fraction of sp³-hybridized carbons (Fsp3) is 0.222. The van der Waals surface area contributed by atoms with Gasteiger partial charge in [-0.25, -0.2) is 4.79 Å². The SMILES string of the molecule is COC(=O)C(O)c1ccccc1.Cl. The normalized spacial score (nSPS) is 11.2. The van der Waals surface area contributed by atoms with E-state index in [4.69, 9.17) is 0 Å². The van der Waals surface area contributed by atoms with E-state index in [1.165, 1.54) is 7.11 Å². The Labute approximate surface area is 82.7 Å². The van der Waals surface area contributed by atoms with Gasteiger partial charge in [0.25, 0.3) is 0 Å². The lowest BCUT2D eigenvalue weighted by Crippen LogP contribution is -2.13. The molecule has 1 unspecified atom stereocenters. The molecule has 0 aliphatic rings. The summed E-state index contributed by atoms with van der Waals surface area (Å²) in [5, 5.41) is 9.31. The zero-order chi connectivity index (χ0) is 8.97. The molecular weight excluding hydrogens is 192 g/mol. The van der Waals surface area contributed by atoms with Gasteiger partial charge in [0.15, 0.2) is 6.10 Å². The Morgan fingerprint density at radius 3 is 2.38 bits per heavy atom. The number of benzene rings is 1. The van der Waals surface area contributed by atoms with E-state index in [1.807, 2.05) is 6.07 Å². The molecule has 3 nitrogen and oxygen atoms in total. The number of hydrogen-bond acceptors (Lipinski definition) is 3. The molecule has 0 aliphatic heterocycles. The first-order chi connectivity index (χ1) is 5.75. The van der Waals surface area contributed by atoms with Crippen molar-refractivity contribution >= 4 is 18.4 Å². The van der Waals surface area contributed by atoms with Crippen molar-refractivity contribution in [1.82, 2.24) is 0 Å². The van der Waals surface area contributed by atoms with E-state index < -0.39 is 12.1 Å². The summed E-state index contributed by atoms with van der Waals surface area (Å²) in [6.07, 6.45) is -1.17. The second-order valence-electron chi connectivity index (χ2n) is 2.34. The summed E-state index contributed by atoms with van der Waals surface area (Å²) in [6, 6.07) is 8.65. The minimum atomic E-state index is -1.17. The first-order valence-electron chi connectivity index (χ1n) is 3.56. The monoisotopic (exact) mass is 202 g/mol. The number of esters is 1. The molecule has 0 bridgehead atoms. The van der Waals surface area contributed by atoms with Gasteiger partial charge in [0.05, 0.1) is 7.11 Å². The van der Waals surface area contributed by atoms with Crippen molar-refractivity contribution in [2.24, 2.45) is 0 Å². The molecular formula is C9H11ClO3. The van der Waals surface area contributed by atoms with Crippen molar-refractivity contribution in [3.05, 3.63) is 35.9 Å². The first-order valence-corrected chi connectivity index (χ1v) is 3.56. The lowest BCUT2D eigenvalue weighted by molar-refractivity contribution is -0.150. The Morgan fingerprint density at radius 2 is 1.92 bits per heavy atom. The predicted octanol–water partition coefficient (Wildman–Crippen LogP) is 1.31. The highest BCUT2D eigenvalue weighted by atomic mass is 35.5. The molecule has 0 radical (unpaired) electrons. The molecule has 1 N–H and O–H groups in total. The zero-order valence-corrected chi connectivity index (χ0v) is 7.95. The van der Waals surface area contributed by atoms with Gasteiger partial charge in [0.2, 0.25) is 0 Å². The smallest absolute Gasteiger partial charge is 0.339 e. The molecule has 0 spiro atoms. The Balaban J connectivity index is 0.00000144. The molecule has 1 atom stereocenters. The van der Waals surface area contributed by atoms with Crippen LogP contribution >= 0.6 is 12.4 Å². The Bertz CT molecular complexity index is 261. The van der Waals surface area contributed by atoms with Crippen LogP contribution in [0.1, 0.15) is 11.7 Å². The first kappa shape index (κ1) is 11.9. The van der Waals surface area contributed by atoms with Gasteiger partial charge in [-0.05, 0) is 5.56 Å². The number of aliphatic hydroxyl groups is 1. The zero-order valence-electron chi connectivity index (χ0n) is 7.14. The van der Waals surface area contributed by atoms with E-state index in [9.17, 15) is 9.90 Å². The average Bonchev–Trinajstić information content (AvgIpc) is 2.17. The number of methoxy groups -OCH3 is 1. The minimum Gasteiger partial charge on any atom is -0.467 e. The van der Waals surface area contributed by atoms with E-state index in [0.717, 1.165) is 0 Å². The van der Waals surface area contributed by atoms with Crippen molar-refractivity contribution in [3.63, 3.8) is 0 Å². The Morgan fingerprint density at radius 1 is 1.38 bits per heavy atom. The second-order valence-corrected chi connectivity index (χ2v) is 2.34. The van der Waals surface area contributed by atoms with Crippen LogP contribution in [0.3, 0.4) is 0 Å². The van der Waals surface area contributed by atoms with Gasteiger partial charge in [-0.3, -0.25) is 0 Å². The van der Waals surface area contributed by atoms with E-state index >= 15 is 0 Å². The molecule has 72 valence electrons. The fourth-order valence-electron chi connectivity index (χ4n) is 0.883. The van der Waals surface area contributed by atoms with Gasteiger partial charge in [-0.2, -0.15) is 0 Å². The summed E-state index contributed by atoms with van der Waals surface area (Å²) in [7, 11) is 1.24. The fourth-order valence-corrected chi connectivity index (χ4v) is 0.883. The highest BCUT2D eigenvalue weighted by Crippen LogP contribution is 2.12. The Kier molecular flexibility index (Phi) is 5.11. The standard InChI is InChI=1S/C9H10O3.ClH/c1-12-9(11)8(10)7-5-3-2-4-6-7;/h2-6,8,10H,1H3;1H. The third kappa shape index (κ3) is 3.05. The third-order valence-electron chi connectivity index (χ3n) is 1.54. The van der Waals surface area contributed by atoms with Crippen LogP contribution in [0.2, 0.25) is 0 Å².